The minimum absolute atomic E-state index is 0.568. The van der Waals surface area contributed by atoms with Crippen LogP contribution in [0, 0.1) is 0 Å². The molecule has 2 heterocycles. The molecular weight excluding hydrogens is 454 g/mol. The molecule has 0 bridgehead atoms. The molecule has 4 rings (SSSR count). The molecule has 34 heavy (non-hydrogen) atoms. The number of hydrogen-bond acceptors (Lipinski definition) is 4. The molecule has 3 nitrogen and oxygen atoms in total. The Morgan fingerprint density at radius 2 is 1.44 bits per heavy atom. The summed E-state index contributed by atoms with van der Waals surface area (Å²) in [5.74, 6) is 1.99. The van der Waals surface area contributed by atoms with Crippen molar-refractivity contribution in [2.75, 3.05) is 26.2 Å². The first-order valence-corrected chi connectivity index (χ1v) is 15.9. The van der Waals surface area contributed by atoms with E-state index in [1.165, 1.54) is 46.5 Å². The Bertz CT molecular complexity index is 1050. The van der Waals surface area contributed by atoms with E-state index in [0.29, 0.717) is 16.6 Å². The molecule has 1 aromatic heterocycles. The molecule has 0 amide bonds. The summed E-state index contributed by atoms with van der Waals surface area (Å²) in [5.41, 5.74) is 2.94. The molecule has 1 saturated heterocycles. The maximum atomic E-state index is 6.93. The van der Waals surface area contributed by atoms with Crippen molar-refractivity contribution in [2.45, 2.75) is 71.0 Å². The van der Waals surface area contributed by atoms with Gasteiger partial charge in [0.25, 0.3) is 8.32 Å². The lowest BCUT2D eigenvalue weighted by molar-refractivity contribution is 0.238. The molecule has 2 aromatic carbocycles. The number of thiophene rings is 1. The molecule has 1 aliphatic heterocycles. The van der Waals surface area contributed by atoms with Gasteiger partial charge in [0, 0.05) is 16.1 Å². The first-order valence-electron chi connectivity index (χ1n) is 13.0. The summed E-state index contributed by atoms with van der Waals surface area (Å²) in [4.78, 5) is 3.77. The van der Waals surface area contributed by atoms with Crippen LogP contribution in [0.25, 0.3) is 20.5 Å². The molecular formula is C29H41NO2SSi. The van der Waals surface area contributed by atoms with Crippen molar-refractivity contribution < 1.29 is 9.16 Å². The molecule has 0 unspecified atom stereocenters. The van der Waals surface area contributed by atoms with Crippen LogP contribution in [0.1, 0.15) is 54.4 Å². The summed E-state index contributed by atoms with van der Waals surface area (Å²) in [6.07, 6.45) is 2.65. The van der Waals surface area contributed by atoms with Crippen LogP contribution in [0.4, 0.5) is 0 Å². The maximum Gasteiger partial charge on any atom is 0.258 e. The van der Waals surface area contributed by atoms with E-state index in [4.69, 9.17) is 9.16 Å². The van der Waals surface area contributed by atoms with Gasteiger partial charge in [-0.3, -0.25) is 4.90 Å². The van der Waals surface area contributed by atoms with E-state index in [1.54, 1.807) is 0 Å². The Hall–Kier alpha value is -1.82. The summed E-state index contributed by atoms with van der Waals surface area (Å²) >= 11 is 1.84. The van der Waals surface area contributed by atoms with Gasteiger partial charge in [-0.05, 0) is 102 Å². The first kappa shape index (κ1) is 25.3. The number of rotatable bonds is 10. The number of fused-ring (bicyclic) bond motifs is 1. The zero-order chi connectivity index (χ0) is 24.3. The van der Waals surface area contributed by atoms with Gasteiger partial charge in [-0.1, -0.05) is 41.5 Å². The van der Waals surface area contributed by atoms with Crippen molar-refractivity contribution in [3.63, 3.8) is 0 Å². The van der Waals surface area contributed by atoms with Gasteiger partial charge in [-0.25, -0.2) is 0 Å². The average Bonchev–Trinajstić information content (AvgIpc) is 3.46. The Labute approximate surface area is 211 Å². The minimum atomic E-state index is -1.95. The highest BCUT2D eigenvalue weighted by atomic mass is 32.1. The molecule has 0 saturated carbocycles. The molecule has 1 aliphatic rings. The summed E-state index contributed by atoms with van der Waals surface area (Å²) in [5, 5.41) is 1.28. The SMILES string of the molecule is CC(C)[Si](Oc1ccc2cc(-c3ccc(OCCN4CCCC4)cc3)sc2c1)(C(C)C)C(C)C. The molecule has 0 radical (unpaired) electrons. The minimum Gasteiger partial charge on any atom is -0.543 e. The second-order valence-electron chi connectivity index (χ2n) is 10.7. The summed E-state index contributed by atoms with van der Waals surface area (Å²) in [7, 11) is -1.95. The highest BCUT2D eigenvalue weighted by molar-refractivity contribution is 7.22. The topological polar surface area (TPSA) is 21.7 Å². The predicted molar refractivity (Wildman–Crippen MR) is 150 cm³/mol. The second kappa shape index (κ2) is 10.8. The number of ether oxygens (including phenoxy) is 1. The van der Waals surface area contributed by atoms with Crippen LogP contribution in [-0.4, -0.2) is 39.5 Å². The third-order valence-corrected chi connectivity index (χ3v) is 14.7. The van der Waals surface area contributed by atoms with Gasteiger partial charge in [0.2, 0.25) is 0 Å². The molecule has 184 valence electrons. The van der Waals surface area contributed by atoms with Gasteiger partial charge in [-0.15, -0.1) is 11.3 Å². The molecule has 3 aromatic rings. The van der Waals surface area contributed by atoms with E-state index in [2.05, 4.69) is 95.0 Å². The molecule has 0 atom stereocenters. The van der Waals surface area contributed by atoms with E-state index in [9.17, 15) is 0 Å². The summed E-state index contributed by atoms with van der Waals surface area (Å²) in [6, 6.07) is 17.5. The third kappa shape index (κ3) is 5.37. The van der Waals surface area contributed by atoms with Crippen LogP contribution in [0.2, 0.25) is 16.6 Å². The largest absolute Gasteiger partial charge is 0.543 e. The monoisotopic (exact) mass is 495 g/mol. The van der Waals surface area contributed by atoms with E-state index >= 15 is 0 Å². The number of hydrogen-bond donors (Lipinski definition) is 0. The van der Waals surface area contributed by atoms with Gasteiger partial charge in [0.1, 0.15) is 18.1 Å². The van der Waals surface area contributed by atoms with Crippen LogP contribution in [0.15, 0.2) is 48.5 Å². The Morgan fingerprint density at radius 3 is 2.06 bits per heavy atom. The standard InChI is InChI=1S/C29H41NO2SSi/c1-21(2)34(22(3)4,23(5)6)32-27-14-11-25-19-28(33-29(25)20-27)24-9-12-26(13-10-24)31-18-17-30-15-7-8-16-30/h9-14,19-23H,7-8,15-18H2,1-6H3. The molecule has 5 heteroatoms. The first-order chi connectivity index (χ1) is 16.3. The number of benzene rings is 2. The Morgan fingerprint density at radius 1 is 0.824 bits per heavy atom. The van der Waals surface area contributed by atoms with Crippen molar-refractivity contribution in [2.24, 2.45) is 0 Å². The lowest BCUT2D eigenvalue weighted by atomic mass is 10.1. The van der Waals surface area contributed by atoms with Crippen LogP contribution < -0.4 is 9.16 Å². The molecule has 0 N–H and O–H groups in total. The van der Waals surface area contributed by atoms with Crippen molar-refractivity contribution in [1.29, 1.82) is 0 Å². The summed E-state index contributed by atoms with van der Waals surface area (Å²) < 4.78 is 14.2. The maximum absolute atomic E-state index is 6.93. The van der Waals surface area contributed by atoms with Crippen molar-refractivity contribution in [3.8, 4) is 21.9 Å². The number of likely N-dealkylation sites (tertiary alicyclic amines) is 1. The predicted octanol–water partition coefficient (Wildman–Crippen LogP) is 8.60. The summed E-state index contributed by atoms with van der Waals surface area (Å²) in [6.45, 7) is 18.3. The van der Waals surface area contributed by atoms with Crippen molar-refractivity contribution in [3.05, 3.63) is 48.5 Å². The zero-order valence-electron chi connectivity index (χ0n) is 21.8. The quantitative estimate of drug-likeness (QED) is 0.263. The lowest BCUT2D eigenvalue weighted by Gasteiger charge is -2.42. The highest BCUT2D eigenvalue weighted by Gasteiger charge is 2.47. The normalized spacial score (nSPS) is 15.2. The van der Waals surface area contributed by atoms with E-state index < -0.39 is 8.32 Å². The van der Waals surface area contributed by atoms with E-state index in [0.717, 1.165) is 24.7 Å². The van der Waals surface area contributed by atoms with Crippen LogP contribution in [0.3, 0.4) is 0 Å². The smallest absolute Gasteiger partial charge is 0.258 e. The van der Waals surface area contributed by atoms with Crippen molar-refractivity contribution in [1.82, 2.24) is 4.90 Å². The van der Waals surface area contributed by atoms with Gasteiger partial charge >= 0.3 is 0 Å². The molecule has 0 spiro atoms. The van der Waals surface area contributed by atoms with Crippen LogP contribution in [0.5, 0.6) is 11.5 Å². The van der Waals surface area contributed by atoms with E-state index in [1.807, 2.05) is 11.3 Å². The van der Waals surface area contributed by atoms with Gasteiger partial charge in [0.05, 0.1) is 0 Å². The van der Waals surface area contributed by atoms with Crippen LogP contribution in [-0.2, 0) is 0 Å². The molecule has 0 aliphatic carbocycles. The fourth-order valence-electron chi connectivity index (χ4n) is 5.79. The zero-order valence-corrected chi connectivity index (χ0v) is 23.6. The van der Waals surface area contributed by atoms with Gasteiger partial charge < -0.3 is 9.16 Å². The Kier molecular flexibility index (Phi) is 8.06. The van der Waals surface area contributed by atoms with E-state index in [-0.39, 0.29) is 0 Å². The fourth-order valence-corrected chi connectivity index (χ4v) is 12.1. The third-order valence-electron chi connectivity index (χ3n) is 7.51. The average molecular weight is 496 g/mol. The lowest BCUT2D eigenvalue weighted by Crippen LogP contribution is -2.50. The number of nitrogens with zero attached hydrogens (tertiary/aromatic N) is 1. The fraction of sp³-hybridized carbons (Fsp3) is 0.517. The second-order valence-corrected chi connectivity index (χ2v) is 17.1. The molecule has 1 fully saturated rings. The van der Waals surface area contributed by atoms with Gasteiger partial charge in [-0.2, -0.15) is 0 Å². The van der Waals surface area contributed by atoms with Gasteiger partial charge in [0.15, 0.2) is 0 Å². The van der Waals surface area contributed by atoms with Crippen LogP contribution >= 0.6 is 11.3 Å². The van der Waals surface area contributed by atoms with Crippen molar-refractivity contribution >= 4 is 29.7 Å². The highest BCUT2D eigenvalue weighted by Crippen LogP contribution is 2.44. The Balaban J connectivity index is 1.47.